The van der Waals surface area contributed by atoms with E-state index in [1.807, 2.05) is 19.2 Å². The Kier molecular flexibility index (Phi) is 5.27. The van der Waals surface area contributed by atoms with Gasteiger partial charge in [-0.3, -0.25) is 0 Å². The van der Waals surface area contributed by atoms with Gasteiger partial charge in [0, 0.05) is 18.8 Å². The van der Waals surface area contributed by atoms with Gasteiger partial charge in [0.15, 0.2) is 0 Å². The zero-order chi connectivity index (χ0) is 15.4. The molecule has 0 saturated heterocycles. The molecule has 2 aromatic rings. The molecule has 0 radical (unpaired) electrons. The van der Waals surface area contributed by atoms with Crippen molar-refractivity contribution in [1.82, 2.24) is 0 Å². The van der Waals surface area contributed by atoms with Crippen molar-refractivity contribution in [3.8, 4) is 0 Å². The van der Waals surface area contributed by atoms with Crippen LogP contribution in [-0.2, 0) is 6.42 Å². The smallest absolute Gasteiger partial charge is 0.0645 e. The summed E-state index contributed by atoms with van der Waals surface area (Å²) in [5.41, 5.74) is 10.7. The molecule has 112 valence electrons. The van der Waals surface area contributed by atoms with E-state index in [1.165, 1.54) is 11.1 Å². The van der Waals surface area contributed by atoms with Crippen LogP contribution in [0.15, 0.2) is 42.5 Å². The Morgan fingerprint density at radius 2 is 1.81 bits per heavy atom. The van der Waals surface area contributed by atoms with Gasteiger partial charge in [-0.15, -0.1) is 0 Å². The maximum Gasteiger partial charge on any atom is 0.0645 e. The van der Waals surface area contributed by atoms with Crippen molar-refractivity contribution in [2.24, 2.45) is 5.73 Å². The first-order chi connectivity index (χ1) is 10.0. The number of nitrogens with two attached hydrogens (primary N) is 1. The third kappa shape index (κ3) is 3.78. The van der Waals surface area contributed by atoms with Gasteiger partial charge in [0.05, 0.1) is 10.7 Å². The summed E-state index contributed by atoms with van der Waals surface area (Å²) in [5.74, 6) is 0. The molecule has 0 aliphatic heterocycles. The number of aryl methyl sites for hydroxylation is 1. The molecule has 2 nitrogen and oxygen atoms in total. The third-order valence-electron chi connectivity index (χ3n) is 3.83. The Labute approximate surface area is 132 Å². The summed E-state index contributed by atoms with van der Waals surface area (Å²) in [6, 6.07) is 14.6. The number of halogens is 1. The lowest BCUT2D eigenvalue weighted by Gasteiger charge is -2.25. The zero-order valence-electron chi connectivity index (χ0n) is 12.9. The van der Waals surface area contributed by atoms with E-state index in [0.29, 0.717) is 0 Å². The normalized spacial score (nSPS) is 12.2. The molecule has 0 aromatic heterocycles. The summed E-state index contributed by atoms with van der Waals surface area (Å²) in [6.07, 6.45) is 1.79. The Bertz CT molecular complexity index is 593. The second-order valence-electron chi connectivity index (χ2n) is 5.51. The van der Waals surface area contributed by atoms with E-state index in [1.54, 1.807) is 0 Å². The molecule has 0 aliphatic rings. The van der Waals surface area contributed by atoms with Gasteiger partial charge in [0.2, 0.25) is 0 Å². The Morgan fingerprint density at radius 3 is 2.43 bits per heavy atom. The van der Waals surface area contributed by atoms with Gasteiger partial charge in [0.25, 0.3) is 0 Å². The van der Waals surface area contributed by atoms with E-state index < -0.39 is 0 Å². The van der Waals surface area contributed by atoms with Crippen molar-refractivity contribution >= 4 is 23.0 Å². The second-order valence-corrected chi connectivity index (χ2v) is 5.92. The summed E-state index contributed by atoms with van der Waals surface area (Å²) >= 11 is 6.45. The van der Waals surface area contributed by atoms with Crippen molar-refractivity contribution in [2.45, 2.75) is 32.7 Å². The molecule has 0 spiro atoms. The highest BCUT2D eigenvalue weighted by Crippen LogP contribution is 2.34. The molecule has 1 atom stereocenters. The van der Waals surface area contributed by atoms with Crippen molar-refractivity contribution in [3.05, 3.63) is 58.6 Å². The van der Waals surface area contributed by atoms with E-state index in [4.69, 9.17) is 17.3 Å². The highest BCUT2D eigenvalue weighted by molar-refractivity contribution is 6.33. The van der Waals surface area contributed by atoms with Crippen molar-refractivity contribution in [1.29, 1.82) is 0 Å². The monoisotopic (exact) mass is 302 g/mol. The van der Waals surface area contributed by atoms with Crippen LogP contribution in [0.4, 0.5) is 11.4 Å². The van der Waals surface area contributed by atoms with Gasteiger partial charge < -0.3 is 10.6 Å². The van der Waals surface area contributed by atoms with Gasteiger partial charge in [0.1, 0.15) is 0 Å². The van der Waals surface area contributed by atoms with Crippen molar-refractivity contribution in [3.63, 3.8) is 0 Å². The first kappa shape index (κ1) is 15.9. The molecule has 0 amide bonds. The van der Waals surface area contributed by atoms with Gasteiger partial charge in [-0.1, -0.05) is 48.4 Å². The largest absolute Gasteiger partial charge is 0.343 e. The number of hydrogen-bond donors (Lipinski definition) is 1. The molecule has 3 heteroatoms. The maximum absolute atomic E-state index is 6.45. The van der Waals surface area contributed by atoms with Gasteiger partial charge in [-0.25, -0.2) is 0 Å². The van der Waals surface area contributed by atoms with E-state index in [-0.39, 0.29) is 6.04 Å². The van der Waals surface area contributed by atoms with E-state index in [0.717, 1.165) is 29.2 Å². The van der Waals surface area contributed by atoms with Crippen LogP contribution >= 0.6 is 11.6 Å². The minimum Gasteiger partial charge on any atom is -0.343 e. The molecule has 0 heterocycles. The average Bonchev–Trinajstić information content (AvgIpc) is 2.47. The fourth-order valence-corrected chi connectivity index (χ4v) is 2.75. The molecular weight excluding hydrogens is 280 g/mol. The molecule has 0 saturated carbocycles. The lowest BCUT2D eigenvalue weighted by Crippen LogP contribution is -2.23. The molecule has 0 aliphatic carbocycles. The third-order valence-corrected chi connectivity index (χ3v) is 4.14. The van der Waals surface area contributed by atoms with Crippen LogP contribution in [0.25, 0.3) is 0 Å². The molecule has 0 fully saturated rings. The summed E-state index contributed by atoms with van der Waals surface area (Å²) in [7, 11) is 2.05. The molecule has 0 bridgehead atoms. The van der Waals surface area contributed by atoms with Crippen LogP contribution in [-0.4, -0.2) is 13.1 Å². The number of rotatable bonds is 5. The SMILES string of the molecule is CCC(N)Cc1cccc(Cl)c1N(C)c1ccc(C)cc1. The number of para-hydroxylation sites is 1. The molecule has 1 unspecified atom stereocenters. The highest BCUT2D eigenvalue weighted by atomic mass is 35.5. The quantitative estimate of drug-likeness (QED) is 0.867. The van der Waals surface area contributed by atoms with Crippen LogP contribution in [0.2, 0.25) is 5.02 Å². The fourth-order valence-electron chi connectivity index (χ4n) is 2.42. The predicted octanol–water partition coefficient (Wildman–Crippen LogP) is 4.70. The first-order valence-corrected chi connectivity index (χ1v) is 7.74. The number of nitrogens with zero attached hydrogens (tertiary/aromatic N) is 1. The molecular formula is C18H23ClN2. The Balaban J connectivity index is 2.39. The minimum absolute atomic E-state index is 0.161. The van der Waals surface area contributed by atoms with Crippen LogP contribution in [0.5, 0.6) is 0 Å². The van der Waals surface area contributed by atoms with Crippen molar-refractivity contribution in [2.75, 3.05) is 11.9 Å². The summed E-state index contributed by atoms with van der Waals surface area (Å²) < 4.78 is 0. The first-order valence-electron chi connectivity index (χ1n) is 7.36. The highest BCUT2D eigenvalue weighted by Gasteiger charge is 2.15. The van der Waals surface area contributed by atoms with Crippen LogP contribution in [0.3, 0.4) is 0 Å². The zero-order valence-corrected chi connectivity index (χ0v) is 13.7. The second kappa shape index (κ2) is 6.97. The molecule has 2 aromatic carbocycles. The Morgan fingerprint density at radius 1 is 1.14 bits per heavy atom. The van der Waals surface area contributed by atoms with Gasteiger partial charge in [-0.2, -0.15) is 0 Å². The number of anilines is 2. The predicted molar refractivity (Wildman–Crippen MR) is 92.7 cm³/mol. The molecule has 2 N–H and O–H groups in total. The van der Waals surface area contributed by atoms with E-state index in [9.17, 15) is 0 Å². The number of hydrogen-bond acceptors (Lipinski definition) is 2. The molecule has 21 heavy (non-hydrogen) atoms. The number of benzene rings is 2. The Hall–Kier alpha value is -1.51. The van der Waals surface area contributed by atoms with E-state index in [2.05, 4.69) is 49.1 Å². The summed E-state index contributed by atoms with van der Waals surface area (Å²) in [5, 5.41) is 0.763. The maximum atomic E-state index is 6.45. The topological polar surface area (TPSA) is 29.3 Å². The lowest BCUT2D eigenvalue weighted by molar-refractivity contribution is 0.646. The molecule has 2 rings (SSSR count). The summed E-state index contributed by atoms with van der Waals surface area (Å²) in [6.45, 7) is 4.20. The summed E-state index contributed by atoms with van der Waals surface area (Å²) in [4.78, 5) is 2.14. The fraction of sp³-hybridized carbons (Fsp3) is 0.333. The average molecular weight is 303 g/mol. The lowest BCUT2D eigenvalue weighted by atomic mass is 10.0. The van der Waals surface area contributed by atoms with Crippen LogP contribution in [0, 0.1) is 6.92 Å². The van der Waals surface area contributed by atoms with Crippen molar-refractivity contribution < 1.29 is 0 Å². The standard InChI is InChI=1S/C18H23ClN2/c1-4-15(20)12-14-6-5-7-17(19)18(14)21(3)16-10-8-13(2)9-11-16/h5-11,15H,4,12,20H2,1-3H3. The van der Waals surface area contributed by atoms with Gasteiger partial charge in [-0.05, 0) is 43.5 Å². The van der Waals surface area contributed by atoms with Crippen LogP contribution < -0.4 is 10.6 Å². The minimum atomic E-state index is 0.161. The van der Waals surface area contributed by atoms with Crippen LogP contribution in [0.1, 0.15) is 24.5 Å². The van der Waals surface area contributed by atoms with Gasteiger partial charge >= 0.3 is 0 Å². The van der Waals surface area contributed by atoms with E-state index >= 15 is 0 Å².